The molecule has 2 aromatic rings. The van der Waals surface area contributed by atoms with Gasteiger partial charge in [-0.1, -0.05) is 36.3 Å². The first-order valence-electron chi connectivity index (χ1n) is 11.7. The molecule has 0 spiro atoms. The van der Waals surface area contributed by atoms with Crippen molar-refractivity contribution in [2.75, 3.05) is 30.4 Å². The first-order chi connectivity index (χ1) is 18.3. The molecule has 2 amide bonds. The molecule has 0 bridgehead atoms. The number of aromatic nitrogens is 5. The zero-order valence-electron chi connectivity index (χ0n) is 20.5. The summed E-state index contributed by atoms with van der Waals surface area (Å²) in [6.07, 6.45) is 3.30. The lowest BCUT2D eigenvalue weighted by Crippen LogP contribution is -2.74. The SMILES string of the molecule is C=CCn1nnnc1SCC1(C(=O)O)CS[C@@H]2C(NC(=O)C(=NOCCCC)c3csc(N)n3)C(=O)N2C1. The van der Waals surface area contributed by atoms with Gasteiger partial charge in [0.15, 0.2) is 10.8 Å². The largest absolute Gasteiger partial charge is 0.481 e. The average Bonchev–Trinajstić information content (AvgIpc) is 3.54. The van der Waals surface area contributed by atoms with E-state index in [-0.39, 0.29) is 40.5 Å². The van der Waals surface area contributed by atoms with Gasteiger partial charge in [0.2, 0.25) is 11.1 Å². The second-order valence-corrected chi connectivity index (χ2v) is 11.6. The Morgan fingerprint density at radius 3 is 3.00 bits per heavy atom. The molecule has 38 heavy (non-hydrogen) atoms. The monoisotopic (exact) mass is 581 g/mol. The van der Waals surface area contributed by atoms with Gasteiger partial charge < -0.3 is 25.9 Å². The smallest absolute Gasteiger partial charge is 0.313 e. The Morgan fingerprint density at radius 1 is 1.50 bits per heavy atom. The summed E-state index contributed by atoms with van der Waals surface area (Å²) in [5.41, 5.74) is 4.69. The highest BCUT2D eigenvalue weighted by Crippen LogP contribution is 2.44. The summed E-state index contributed by atoms with van der Waals surface area (Å²) in [6.45, 7) is 6.39. The first kappa shape index (κ1) is 27.8. The van der Waals surface area contributed by atoms with Crippen LogP contribution < -0.4 is 11.1 Å². The summed E-state index contributed by atoms with van der Waals surface area (Å²) < 4.78 is 1.52. The highest BCUT2D eigenvalue weighted by Gasteiger charge is 2.57. The molecule has 2 unspecified atom stereocenters. The standard InChI is InChI=1S/C21H27N9O5S3/c1-3-5-7-35-26-13(12-8-36-19(22)23-12)15(31)24-14-16(32)29-9-21(18(33)34,10-37-17(14)29)11-38-20-25-27-28-30(20)6-4-2/h4,8,14,17H,2-3,5-7,9-11H2,1H3,(H2,22,23)(H,24,31)(H,33,34)/t14?,17-,21?/m1/s1. The summed E-state index contributed by atoms with van der Waals surface area (Å²) in [6, 6.07) is -0.830. The van der Waals surface area contributed by atoms with Crippen molar-refractivity contribution in [3.8, 4) is 0 Å². The molecule has 4 N–H and O–H groups in total. The molecule has 14 nitrogen and oxygen atoms in total. The number of tetrazole rings is 1. The van der Waals surface area contributed by atoms with Gasteiger partial charge in [-0.2, -0.15) is 0 Å². The van der Waals surface area contributed by atoms with Crippen molar-refractivity contribution < 1.29 is 24.3 Å². The van der Waals surface area contributed by atoms with Gasteiger partial charge >= 0.3 is 5.97 Å². The molecule has 17 heteroatoms. The molecule has 204 valence electrons. The molecule has 2 fully saturated rings. The summed E-state index contributed by atoms with van der Waals surface area (Å²) in [5.74, 6) is -1.60. The van der Waals surface area contributed by atoms with Crippen molar-refractivity contribution in [3.63, 3.8) is 0 Å². The number of fused-ring (bicyclic) bond motifs is 1. The van der Waals surface area contributed by atoms with Crippen molar-refractivity contribution >= 4 is 63.5 Å². The summed E-state index contributed by atoms with van der Waals surface area (Å²) >= 11 is 3.68. The topological polar surface area (TPSA) is 191 Å². The van der Waals surface area contributed by atoms with Crippen molar-refractivity contribution in [2.45, 2.75) is 42.9 Å². The maximum atomic E-state index is 13.1. The average molecular weight is 582 g/mol. The molecule has 0 saturated carbocycles. The second kappa shape index (κ2) is 12.1. The fraction of sp³-hybridized carbons (Fsp3) is 0.524. The Kier molecular flexibility index (Phi) is 8.88. The number of unbranched alkanes of at least 4 members (excludes halogenated alkanes) is 1. The molecule has 4 heterocycles. The van der Waals surface area contributed by atoms with E-state index < -0.39 is 28.7 Å². The number of thiazole rings is 1. The summed E-state index contributed by atoms with van der Waals surface area (Å²) in [7, 11) is 0. The minimum absolute atomic E-state index is 0.00488. The highest BCUT2D eigenvalue weighted by molar-refractivity contribution is 8.00. The Labute approximate surface area is 230 Å². The number of amides is 2. The van der Waals surface area contributed by atoms with Gasteiger partial charge in [0.25, 0.3) is 5.91 Å². The van der Waals surface area contributed by atoms with Crippen molar-refractivity contribution in [1.82, 2.24) is 35.4 Å². The number of nitrogens with two attached hydrogens (primary N) is 1. The maximum Gasteiger partial charge on any atom is 0.313 e. The number of carboxylic acid groups (broad SMARTS) is 1. The van der Waals surface area contributed by atoms with Crippen LogP contribution in [0.4, 0.5) is 5.13 Å². The highest BCUT2D eigenvalue weighted by atomic mass is 32.2. The van der Waals surface area contributed by atoms with Crippen LogP contribution in [0.5, 0.6) is 0 Å². The number of β-lactam (4-membered cyclic amide) rings is 1. The molecule has 0 aliphatic carbocycles. The molecule has 2 saturated heterocycles. The predicted octanol–water partition coefficient (Wildman–Crippen LogP) is 0.682. The minimum atomic E-state index is -1.21. The Bertz CT molecular complexity index is 1230. The van der Waals surface area contributed by atoms with E-state index in [1.807, 2.05) is 6.92 Å². The van der Waals surface area contributed by atoms with Crippen LogP contribution >= 0.6 is 34.9 Å². The van der Waals surface area contributed by atoms with Crippen LogP contribution in [0.3, 0.4) is 0 Å². The Morgan fingerprint density at radius 2 is 2.32 bits per heavy atom. The second-order valence-electron chi connectivity index (χ2n) is 8.62. The van der Waals surface area contributed by atoms with E-state index in [9.17, 15) is 19.5 Å². The summed E-state index contributed by atoms with van der Waals surface area (Å²) in [5, 5.41) is 30.1. The number of hydrogen-bond acceptors (Lipinski definition) is 13. The molecular formula is C21H27N9O5S3. The van der Waals surface area contributed by atoms with E-state index in [0.29, 0.717) is 18.3 Å². The number of carbonyl (C=O) groups excluding carboxylic acids is 2. The molecule has 3 atom stereocenters. The van der Waals surface area contributed by atoms with E-state index in [1.165, 1.54) is 33.1 Å². The van der Waals surface area contributed by atoms with E-state index in [1.54, 1.807) is 11.5 Å². The maximum absolute atomic E-state index is 13.1. The fourth-order valence-corrected chi connectivity index (χ4v) is 7.07. The van der Waals surface area contributed by atoms with Gasteiger partial charge in [-0.05, 0) is 16.8 Å². The number of hydrogen-bond donors (Lipinski definition) is 3. The van der Waals surface area contributed by atoms with Gasteiger partial charge in [0.1, 0.15) is 29.1 Å². The molecule has 0 aromatic carbocycles. The van der Waals surface area contributed by atoms with Gasteiger partial charge in [-0.3, -0.25) is 14.4 Å². The molecule has 4 rings (SSSR count). The van der Waals surface area contributed by atoms with Crippen LogP contribution in [0.25, 0.3) is 0 Å². The third-order valence-corrected chi connectivity index (χ3v) is 9.40. The Hall–Kier alpha value is -3.18. The normalized spacial score (nSPS) is 22.9. The lowest BCUT2D eigenvalue weighted by Gasteiger charge is -2.53. The summed E-state index contributed by atoms with van der Waals surface area (Å²) in [4.78, 5) is 49.3. The fourth-order valence-electron chi connectivity index (χ4n) is 3.77. The van der Waals surface area contributed by atoms with Crippen LogP contribution in [0.1, 0.15) is 25.5 Å². The van der Waals surface area contributed by atoms with Gasteiger partial charge in [-0.25, -0.2) is 9.67 Å². The molecule has 0 radical (unpaired) electrons. The molecular weight excluding hydrogens is 554 g/mol. The number of nitrogens with one attached hydrogen (secondary N) is 1. The van der Waals surface area contributed by atoms with Crippen molar-refractivity contribution in [1.29, 1.82) is 0 Å². The predicted molar refractivity (Wildman–Crippen MR) is 143 cm³/mol. The van der Waals surface area contributed by atoms with E-state index >= 15 is 0 Å². The quantitative estimate of drug-likeness (QED) is 0.0750. The number of carbonyl (C=O) groups is 3. The number of rotatable bonds is 13. The van der Waals surface area contributed by atoms with Crippen molar-refractivity contribution in [3.05, 3.63) is 23.7 Å². The van der Waals surface area contributed by atoms with Gasteiger partial charge in [0, 0.05) is 23.4 Å². The number of nitrogens with zero attached hydrogens (tertiary/aromatic N) is 7. The van der Waals surface area contributed by atoms with Gasteiger partial charge in [0.05, 0.1) is 6.54 Å². The lowest BCUT2D eigenvalue weighted by atomic mass is 9.89. The van der Waals surface area contributed by atoms with E-state index in [0.717, 1.165) is 24.2 Å². The number of aliphatic carboxylic acids is 1. The number of oxime groups is 1. The first-order valence-corrected chi connectivity index (χ1v) is 14.6. The van der Waals surface area contributed by atoms with Crippen LogP contribution in [0.15, 0.2) is 28.3 Å². The molecule has 2 aliphatic heterocycles. The third kappa shape index (κ3) is 5.78. The Balaban J connectivity index is 1.42. The zero-order valence-corrected chi connectivity index (χ0v) is 22.9. The third-order valence-electron chi connectivity index (χ3n) is 5.89. The number of allylic oxidation sites excluding steroid dienone is 1. The van der Waals surface area contributed by atoms with E-state index in [2.05, 4.69) is 37.6 Å². The molecule has 2 aromatic heterocycles. The van der Waals surface area contributed by atoms with Gasteiger partial charge in [-0.15, -0.1) is 34.8 Å². The van der Waals surface area contributed by atoms with Crippen LogP contribution in [-0.2, 0) is 25.8 Å². The number of thioether (sulfide) groups is 2. The number of nitrogen functional groups attached to an aromatic ring is 1. The van der Waals surface area contributed by atoms with Crippen molar-refractivity contribution in [2.24, 2.45) is 10.6 Å². The van der Waals surface area contributed by atoms with Crippen LogP contribution in [-0.4, -0.2) is 94.8 Å². The number of anilines is 1. The van der Waals surface area contributed by atoms with E-state index in [4.69, 9.17) is 10.6 Å². The van der Waals surface area contributed by atoms with Crippen LogP contribution in [0, 0.1) is 5.41 Å². The zero-order chi connectivity index (χ0) is 27.3. The molecule has 2 aliphatic rings. The van der Waals surface area contributed by atoms with Crippen LogP contribution in [0.2, 0.25) is 0 Å². The number of carboxylic acids is 1. The minimum Gasteiger partial charge on any atom is -0.481 e. The lowest BCUT2D eigenvalue weighted by molar-refractivity contribution is -0.157.